The highest BCUT2D eigenvalue weighted by Gasteiger charge is 2.42. The van der Waals surface area contributed by atoms with E-state index in [0.29, 0.717) is 19.1 Å². The van der Waals surface area contributed by atoms with Gasteiger partial charge in [0.15, 0.2) is 11.7 Å². The molecular weight excluding hydrogens is 513 g/mol. The van der Waals surface area contributed by atoms with Crippen LogP contribution in [0.2, 0.25) is 0 Å². The lowest BCUT2D eigenvalue weighted by atomic mass is 9.90. The Kier molecular flexibility index (Phi) is 9.03. The SMILES string of the molecule is CC1(C2CCCN(C(=NCCc3cccs3)NCCc3ccco3)C2)OCCO1.I. The Morgan fingerprint density at radius 3 is 2.87 bits per heavy atom. The molecule has 2 saturated heterocycles. The van der Waals surface area contributed by atoms with E-state index in [2.05, 4.69) is 34.7 Å². The molecule has 2 fully saturated rings. The van der Waals surface area contributed by atoms with E-state index >= 15 is 0 Å². The van der Waals surface area contributed by atoms with Gasteiger partial charge in [-0.2, -0.15) is 0 Å². The Hall–Kier alpha value is -1.10. The second-order valence-corrected chi connectivity index (χ2v) is 8.82. The highest BCUT2D eigenvalue weighted by Crippen LogP contribution is 2.34. The number of ether oxygens (including phenoxy) is 2. The largest absolute Gasteiger partial charge is 0.469 e. The van der Waals surface area contributed by atoms with Crippen molar-refractivity contribution >= 4 is 41.3 Å². The summed E-state index contributed by atoms with van der Waals surface area (Å²) in [6, 6.07) is 8.23. The number of likely N-dealkylation sites (tertiary alicyclic amines) is 1. The lowest BCUT2D eigenvalue weighted by Crippen LogP contribution is -2.52. The van der Waals surface area contributed by atoms with Crippen LogP contribution < -0.4 is 5.32 Å². The summed E-state index contributed by atoms with van der Waals surface area (Å²) >= 11 is 1.79. The highest BCUT2D eigenvalue weighted by molar-refractivity contribution is 14.0. The predicted molar refractivity (Wildman–Crippen MR) is 131 cm³/mol. The number of halogens is 1. The number of thiophene rings is 1. The minimum atomic E-state index is -0.463. The van der Waals surface area contributed by atoms with Gasteiger partial charge >= 0.3 is 0 Å². The Morgan fingerprint density at radius 1 is 1.27 bits per heavy atom. The van der Waals surface area contributed by atoms with E-state index in [1.54, 1.807) is 17.6 Å². The summed E-state index contributed by atoms with van der Waals surface area (Å²) < 4.78 is 17.4. The summed E-state index contributed by atoms with van der Waals surface area (Å²) in [6.45, 7) is 6.98. The third-order valence-corrected chi connectivity index (χ3v) is 6.69. The summed E-state index contributed by atoms with van der Waals surface area (Å²) in [6.07, 6.45) is 5.79. The molecule has 2 aromatic rings. The number of nitrogens with one attached hydrogen (secondary N) is 1. The summed E-state index contributed by atoms with van der Waals surface area (Å²) in [5.74, 6) is 1.87. The van der Waals surface area contributed by atoms with Crippen molar-refractivity contribution in [3.05, 3.63) is 46.5 Å². The van der Waals surface area contributed by atoms with Crippen LogP contribution in [-0.2, 0) is 22.3 Å². The fourth-order valence-corrected chi connectivity index (χ4v) is 4.81. The zero-order valence-electron chi connectivity index (χ0n) is 17.5. The quantitative estimate of drug-likeness (QED) is 0.322. The van der Waals surface area contributed by atoms with Crippen LogP contribution in [-0.4, -0.2) is 56.0 Å². The smallest absolute Gasteiger partial charge is 0.193 e. The topological polar surface area (TPSA) is 59.2 Å². The fraction of sp³-hybridized carbons (Fsp3) is 0.591. The first-order chi connectivity index (χ1) is 14.2. The van der Waals surface area contributed by atoms with Crippen LogP contribution in [0.1, 0.15) is 30.4 Å². The van der Waals surface area contributed by atoms with Gasteiger partial charge in [-0.1, -0.05) is 6.07 Å². The van der Waals surface area contributed by atoms with E-state index in [9.17, 15) is 0 Å². The Balaban J connectivity index is 0.00000256. The van der Waals surface area contributed by atoms with Crippen molar-refractivity contribution in [2.75, 3.05) is 39.4 Å². The third kappa shape index (κ3) is 6.21. The van der Waals surface area contributed by atoms with Gasteiger partial charge in [0.05, 0.1) is 19.5 Å². The monoisotopic (exact) mass is 545 g/mol. The number of nitrogens with zero attached hydrogens (tertiary/aromatic N) is 2. The Labute approximate surface area is 200 Å². The number of piperidine rings is 1. The predicted octanol–water partition coefficient (Wildman–Crippen LogP) is 4.16. The maximum absolute atomic E-state index is 5.95. The molecular formula is C22H32IN3O3S. The van der Waals surface area contributed by atoms with Crippen LogP contribution in [0.25, 0.3) is 0 Å². The lowest BCUT2D eigenvalue weighted by molar-refractivity contribution is -0.189. The van der Waals surface area contributed by atoms with Gasteiger partial charge in [-0.05, 0) is 43.3 Å². The molecule has 8 heteroatoms. The normalized spacial score (nSPS) is 21.4. The molecule has 0 spiro atoms. The number of rotatable bonds is 7. The van der Waals surface area contributed by atoms with Gasteiger partial charge in [-0.25, -0.2) is 0 Å². The molecule has 4 rings (SSSR count). The van der Waals surface area contributed by atoms with Crippen molar-refractivity contribution in [1.29, 1.82) is 0 Å². The molecule has 166 valence electrons. The van der Waals surface area contributed by atoms with Crippen molar-refractivity contribution in [2.24, 2.45) is 10.9 Å². The average molecular weight is 545 g/mol. The van der Waals surface area contributed by atoms with Crippen LogP contribution >= 0.6 is 35.3 Å². The third-order valence-electron chi connectivity index (χ3n) is 5.76. The molecule has 1 N–H and O–H groups in total. The maximum Gasteiger partial charge on any atom is 0.193 e. The number of furan rings is 1. The number of hydrogen-bond donors (Lipinski definition) is 1. The molecule has 2 aliphatic rings. The molecule has 0 bridgehead atoms. The highest BCUT2D eigenvalue weighted by atomic mass is 127. The van der Waals surface area contributed by atoms with Crippen LogP contribution in [0.4, 0.5) is 0 Å². The number of hydrogen-bond acceptors (Lipinski definition) is 5. The van der Waals surface area contributed by atoms with Gasteiger partial charge < -0.3 is 24.1 Å². The van der Waals surface area contributed by atoms with Gasteiger partial charge in [0, 0.05) is 49.8 Å². The first-order valence-corrected chi connectivity index (χ1v) is 11.5. The molecule has 6 nitrogen and oxygen atoms in total. The molecule has 0 saturated carbocycles. The van der Waals surface area contributed by atoms with Gasteiger partial charge in [0.1, 0.15) is 5.76 Å². The van der Waals surface area contributed by atoms with E-state index in [1.807, 2.05) is 12.1 Å². The summed E-state index contributed by atoms with van der Waals surface area (Å²) in [4.78, 5) is 8.70. The lowest BCUT2D eigenvalue weighted by Gasteiger charge is -2.41. The van der Waals surface area contributed by atoms with Gasteiger partial charge in [0.25, 0.3) is 0 Å². The standard InChI is InChI=1S/C22H31N3O3S.HI/c1-22(27-14-15-28-22)18-5-2-12-25(17-18)21(23-10-8-19-6-3-13-26-19)24-11-9-20-7-4-16-29-20;/h3-4,6-7,13,16,18H,2,5,8-12,14-15,17H2,1H3,(H,23,24);1H. The van der Waals surface area contributed by atoms with Crippen molar-refractivity contribution in [2.45, 2.75) is 38.4 Å². The minimum absolute atomic E-state index is 0. The summed E-state index contributed by atoms with van der Waals surface area (Å²) in [7, 11) is 0. The van der Waals surface area contributed by atoms with E-state index in [4.69, 9.17) is 18.9 Å². The van der Waals surface area contributed by atoms with E-state index in [-0.39, 0.29) is 24.0 Å². The van der Waals surface area contributed by atoms with Crippen LogP contribution in [0.3, 0.4) is 0 Å². The van der Waals surface area contributed by atoms with Crippen LogP contribution in [0.5, 0.6) is 0 Å². The minimum Gasteiger partial charge on any atom is -0.469 e. The first-order valence-electron chi connectivity index (χ1n) is 10.6. The number of aliphatic imine (C=N–C) groups is 1. The van der Waals surface area contributed by atoms with Crippen molar-refractivity contribution in [1.82, 2.24) is 10.2 Å². The van der Waals surface area contributed by atoms with E-state index < -0.39 is 5.79 Å². The van der Waals surface area contributed by atoms with Gasteiger partial charge in [-0.3, -0.25) is 4.99 Å². The molecule has 0 aromatic carbocycles. The average Bonchev–Trinajstić information content (AvgIpc) is 3.51. The van der Waals surface area contributed by atoms with Crippen LogP contribution in [0, 0.1) is 5.92 Å². The van der Waals surface area contributed by atoms with Gasteiger partial charge in [-0.15, -0.1) is 35.3 Å². The second-order valence-electron chi connectivity index (χ2n) is 7.79. The van der Waals surface area contributed by atoms with Crippen molar-refractivity contribution < 1.29 is 13.9 Å². The van der Waals surface area contributed by atoms with Crippen molar-refractivity contribution in [3.63, 3.8) is 0 Å². The zero-order valence-corrected chi connectivity index (χ0v) is 20.7. The van der Waals surface area contributed by atoms with E-state index in [1.165, 1.54) is 4.88 Å². The Bertz CT molecular complexity index is 761. The van der Waals surface area contributed by atoms with E-state index in [0.717, 1.165) is 63.6 Å². The molecule has 0 radical (unpaired) electrons. The summed E-state index contributed by atoms with van der Waals surface area (Å²) in [5.41, 5.74) is 0. The second kappa shape index (κ2) is 11.5. The number of guanidine groups is 1. The van der Waals surface area contributed by atoms with Gasteiger partial charge in [0.2, 0.25) is 0 Å². The Morgan fingerprint density at radius 2 is 2.13 bits per heavy atom. The molecule has 1 atom stereocenters. The molecule has 2 aromatic heterocycles. The maximum atomic E-state index is 5.95. The molecule has 0 amide bonds. The molecule has 2 aliphatic heterocycles. The zero-order chi connectivity index (χ0) is 19.9. The molecule has 0 aliphatic carbocycles. The fourth-order valence-electron chi connectivity index (χ4n) is 4.11. The molecule has 30 heavy (non-hydrogen) atoms. The first kappa shape index (κ1) is 23.6. The molecule has 1 unspecified atom stereocenters. The summed E-state index contributed by atoms with van der Waals surface area (Å²) in [5, 5.41) is 5.69. The van der Waals surface area contributed by atoms with Crippen molar-refractivity contribution in [3.8, 4) is 0 Å². The molecule has 4 heterocycles. The van der Waals surface area contributed by atoms with Crippen LogP contribution in [0.15, 0.2) is 45.3 Å².